The number of allylic oxidation sites excluding steroid dienone is 2. The lowest BCUT2D eigenvalue weighted by molar-refractivity contribution is -0.122. The molecule has 0 aliphatic heterocycles. The zero-order chi connectivity index (χ0) is 31.3. The standard InChI is InChI=1S/C18H21N3O2.C18H19N3O/c19-18(22)14-7-5-13(6-8-14)9-10-23-17-4-2-1-3-15(17)16-11-20-12-21-16;19-11-15-7-5-14(6-8-15)9-10-22-18-4-2-1-3-16(18)17-12-20-13-21-17/h1-4,9,11-12,14H,5-8,10H2,(H2,19,22)(H,20,21);1-4,9,12-13,15H,5-8,10H2,(H,20,21). The van der Waals surface area contributed by atoms with Crippen LogP contribution in [0.2, 0.25) is 0 Å². The first-order valence-electron chi connectivity index (χ1n) is 15.6. The van der Waals surface area contributed by atoms with Gasteiger partial charge in [0, 0.05) is 23.0 Å². The Labute approximate surface area is 264 Å². The largest absolute Gasteiger partial charge is 0.489 e. The van der Waals surface area contributed by atoms with Gasteiger partial charge in [0.25, 0.3) is 0 Å². The van der Waals surface area contributed by atoms with Crippen LogP contribution >= 0.6 is 0 Å². The first-order chi connectivity index (χ1) is 22.1. The number of hydrogen-bond donors (Lipinski definition) is 3. The van der Waals surface area contributed by atoms with Crippen molar-refractivity contribution in [3.8, 4) is 40.1 Å². The molecule has 2 fully saturated rings. The van der Waals surface area contributed by atoms with Gasteiger partial charge in [0.1, 0.15) is 24.7 Å². The van der Waals surface area contributed by atoms with Crippen LogP contribution in [-0.4, -0.2) is 39.1 Å². The van der Waals surface area contributed by atoms with Gasteiger partial charge in [0.15, 0.2) is 0 Å². The molecule has 6 rings (SSSR count). The fourth-order valence-corrected chi connectivity index (χ4v) is 5.73. The van der Waals surface area contributed by atoms with Gasteiger partial charge >= 0.3 is 0 Å². The third-order valence-electron chi connectivity index (χ3n) is 8.41. The number of aromatic amines is 2. The van der Waals surface area contributed by atoms with Gasteiger partial charge in [-0.2, -0.15) is 5.26 Å². The molecule has 0 atom stereocenters. The Bertz CT molecular complexity index is 1600. The molecular formula is C36H40N6O3. The van der Waals surface area contributed by atoms with Gasteiger partial charge in [-0.3, -0.25) is 4.79 Å². The average molecular weight is 605 g/mol. The van der Waals surface area contributed by atoms with Gasteiger partial charge in [-0.05, 0) is 87.8 Å². The van der Waals surface area contributed by atoms with Crippen LogP contribution in [0.1, 0.15) is 51.4 Å². The molecule has 0 saturated heterocycles. The number of H-pyrrole nitrogens is 2. The molecule has 0 radical (unpaired) electrons. The number of benzene rings is 2. The van der Waals surface area contributed by atoms with E-state index in [4.69, 9.17) is 20.5 Å². The highest BCUT2D eigenvalue weighted by Crippen LogP contribution is 2.31. The van der Waals surface area contributed by atoms with Gasteiger partial charge in [-0.25, -0.2) is 9.97 Å². The number of aromatic nitrogens is 4. The normalized spacial score (nSPS) is 17.8. The van der Waals surface area contributed by atoms with E-state index in [0.29, 0.717) is 13.2 Å². The first kappa shape index (κ1) is 31.3. The molecule has 0 bridgehead atoms. The third kappa shape index (κ3) is 8.96. The number of carbonyl (C=O) groups is 1. The topological polar surface area (TPSA) is 143 Å². The number of nitrogens with zero attached hydrogens (tertiary/aromatic N) is 3. The second kappa shape index (κ2) is 16.1. The van der Waals surface area contributed by atoms with Crippen molar-refractivity contribution >= 4 is 5.91 Å². The molecule has 2 aromatic heterocycles. The number of nitrogens with two attached hydrogens (primary N) is 1. The summed E-state index contributed by atoms with van der Waals surface area (Å²) < 4.78 is 11.8. The van der Waals surface area contributed by atoms with Crippen LogP contribution in [0.5, 0.6) is 11.5 Å². The van der Waals surface area contributed by atoms with E-state index >= 15 is 0 Å². The average Bonchev–Trinajstić information content (AvgIpc) is 3.82. The van der Waals surface area contributed by atoms with E-state index in [-0.39, 0.29) is 17.7 Å². The number of nitrogens with one attached hydrogen (secondary N) is 2. The van der Waals surface area contributed by atoms with Crippen LogP contribution in [0.4, 0.5) is 0 Å². The summed E-state index contributed by atoms with van der Waals surface area (Å²) in [4.78, 5) is 25.5. The van der Waals surface area contributed by atoms with Crippen LogP contribution < -0.4 is 15.2 Å². The van der Waals surface area contributed by atoms with Crippen molar-refractivity contribution in [1.82, 2.24) is 19.9 Å². The van der Waals surface area contributed by atoms with E-state index in [1.807, 2.05) is 48.5 Å². The number of imidazole rings is 2. The lowest BCUT2D eigenvalue weighted by Crippen LogP contribution is -2.25. The van der Waals surface area contributed by atoms with Crippen LogP contribution in [0.3, 0.4) is 0 Å². The fourth-order valence-electron chi connectivity index (χ4n) is 5.73. The number of amides is 1. The highest BCUT2D eigenvalue weighted by molar-refractivity contribution is 5.76. The number of primary amides is 1. The number of ether oxygens (including phenoxy) is 2. The predicted molar refractivity (Wildman–Crippen MR) is 174 cm³/mol. The van der Waals surface area contributed by atoms with E-state index in [1.165, 1.54) is 11.1 Å². The Morgan fingerprint density at radius 2 is 1.27 bits per heavy atom. The maximum absolute atomic E-state index is 11.2. The number of nitriles is 1. The van der Waals surface area contributed by atoms with Gasteiger partial charge in [-0.15, -0.1) is 0 Å². The summed E-state index contributed by atoms with van der Waals surface area (Å²) in [7, 11) is 0. The van der Waals surface area contributed by atoms with Crippen molar-refractivity contribution in [3.63, 3.8) is 0 Å². The molecule has 2 aromatic carbocycles. The molecule has 232 valence electrons. The van der Waals surface area contributed by atoms with Crippen molar-refractivity contribution in [3.05, 3.63) is 96.9 Å². The minimum Gasteiger partial charge on any atom is -0.489 e. The van der Waals surface area contributed by atoms with Crippen molar-refractivity contribution in [2.75, 3.05) is 13.2 Å². The summed E-state index contributed by atoms with van der Waals surface area (Å²) in [6.07, 6.45) is 18.8. The third-order valence-corrected chi connectivity index (χ3v) is 8.41. The molecule has 2 saturated carbocycles. The zero-order valence-corrected chi connectivity index (χ0v) is 25.5. The summed E-state index contributed by atoms with van der Waals surface area (Å²) >= 11 is 0. The number of para-hydroxylation sites is 2. The van der Waals surface area contributed by atoms with E-state index in [9.17, 15) is 4.79 Å². The van der Waals surface area contributed by atoms with E-state index in [2.05, 4.69) is 38.2 Å². The minimum atomic E-state index is -0.172. The molecule has 45 heavy (non-hydrogen) atoms. The van der Waals surface area contributed by atoms with Gasteiger partial charge in [0.2, 0.25) is 5.91 Å². The minimum absolute atomic E-state index is 0.0363. The molecule has 0 unspecified atom stereocenters. The SMILES string of the molecule is N#CC1CCC(=CCOc2ccccc2-c2cnc[nH]2)CC1.NC(=O)C1CCC(=CCOc2ccccc2-c2cnc[nH]2)CC1. The molecule has 2 aliphatic rings. The Morgan fingerprint density at radius 1 is 0.800 bits per heavy atom. The number of rotatable bonds is 9. The summed E-state index contributed by atoms with van der Waals surface area (Å²) in [6.45, 7) is 1.10. The monoisotopic (exact) mass is 604 g/mol. The number of carbonyl (C=O) groups excluding carboxylic acids is 1. The Kier molecular flexibility index (Phi) is 11.2. The molecule has 4 N–H and O–H groups in total. The van der Waals surface area contributed by atoms with Crippen LogP contribution in [-0.2, 0) is 4.79 Å². The molecule has 0 spiro atoms. The lowest BCUT2D eigenvalue weighted by Gasteiger charge is -2.21. The zero-order valence-electron chi connectivity index (χ0n) is 25.5. The van der Waals surface area contributed by atoms with E-state index in [1.54, 1.807) is 25.0 Å². The first-order valence-corrected chi connectivity index (χ1v) is 15.6. The second-order valence-electron chi connectivity index (χ2n) is 11.3. The smallest absolute Gasteiger partial charge is 0.220 e. The Morgan fingerprint density at radius 3 is 1.69 bits per heavy atom. The number of hydrogen-bond acceptors (Lipinski definition) is 6. The molecular weight excluding hydrogens is 564 g/mol. The van der Waals surface area contributed by atoms with Crippen molar-refractivity contribution in [1.29, 1.82) is 5.26 Å². The summed E-state index contributed by atoms with van der Waals surface area (Å²) in [6, 6.07) is 18.2. The van der Waals surface area contributed by atoms with Crippen LogP contribution in [0.25, 0.3) is 22.5 Å². The quantitative estimate of drug-likeness (QED) is 0.173. The molecule has 9 nitrogen and oxygen atoms in total. The molecule has 2 heterocycles. The summed E-state index contributed by atoms with van der Waals surface area (Å²) in [5, 5.41) is 8.92. The molecule has 4 aromatic rings. The van der Waals surface area contributed by atoms with Crippen molar-refractivity contribution in [2.45, 2.75) is 51.4 Å². The van der Waals surface area contributed by atoms with Crippen LogP contribution in [0.15, 0.2) is 96.9 Å². The Hall–Kier alpha value is -5.10. The fraction of sp³-hybridized carbons (Fsp3) is 0.333. The summed E-state index contributed by atoms with van der Waals surface area (Å²) in [5.74, 6) is 1.79. The maximum atomic E-state index is 11.2. The summed E-state index contributed by atoms with van der Waals surface area (Å²) in [5.41, 5.74) is 12.0. The van der Waals surface area contributed by atoms with Gasteiger partial charge < -0.3 is 25.2 Å². The lowest BCUT2D eigenvalue weighted by atomic mass is 9.85. The highest BCUT2D eigenvalue weighted by Gasteiger charge is 2.21. The predicted octanol–water partition coefficient (Wildman–Crippen LogP) is 7.15. The highest BCUT2D eigenvalue weighted by atomic mass is 16.5. The molecule has 2 aliphatic carbocycles. The molecule has 9 heteroatoms. The maximum Gasteiger partial charge on any atom is 0.220 e. The van der Waals surface area contributed by atoms with Gasteiger partial charge in [0.05, 0.1) is 42.5 Å². The van der Waals surface area contributed by atoms with Crippen LogP contribution in [0, 0.1) is 23.2 Å². The van der Waals surface area contributed by atoms with Crippen molar-refractivity contribution < 1.29 is 14.3 Å². The van der Waals surface area contributed by atoms with Crippen molar-refractivity contribution in [2.24, 2.45) is 17.6 Å². The Balaban J connectivity index is 0.000000178. The molecule has 1 amide bonds. The van der Waals surface area contributed by atoms with E-state index in [0.717, 1.165) is 85.4 Å². The second-order valence-corrected chi connectivity index (χ2v) is 11.3. The van der Waals surface area contributed by atoms with E-state index < -0.39 is 0 Å². The van der Waals surface area contributed by atoms with Gasteiger partial charge in [-0.1, -0.05) is 35.4 Å².